The molecule has 3 aromatic rings. The monoisotopic (exact) mass is 415 g/mol. The molecule has 1 unspecified atom stereocenters. The minimum Gasteiger partial charge on any atom is -0.495 e. The van der Waals surface area contributed by atoms with Crippen molar-refractivity contribution in [3.8, 4) is 5.75 Å². The number of halogens is 1. The third-order valence-electron chi connectivity index (χ3n) is 5.01. The first kappa shape index (κ1) is 19.0. The number of aryl methyl sites for hydroxylation is 1. The van der Waals surface area contributed by atoms with Gasteiger partial charge in [-0.3, -0.25) is 4.79 Å². The van der Waals surface area contributed by atoms with Gasteiger partial charge >= 0.3 is 0 Å². The number of carbonyl (C=O) groups excluding carboxylic acids is 1. The molecule has 1 aromatic heterocycles. The molecule has 1 aliphatic rings. The van der Waals surface area contributed by atoms with Crippen LogP contribution in [0.1, 0.15) is 18.4 Å². The fourth-order valence-electron chi connectivity index (χ4n) is 3.51. The summed E-state index contributed by atoms with van der Waals surface area (Å²) < 4.78 is 6.35. The molecule has 0 bridgehead atoms. The van der Waals surface area contributed by atoms with Gasteiger partial charge in [0.25, 0.3) is 0 Å². The summed E-state index contributed by atoms with van der Waals surface area (Å²) >= 11 is 7.85. The molecule has 28 heavy (non-hydrogen) atoms. The lowest BCUT2D eigenvalue weighted by molar-refractivity contribution is -0.120. The maximum absolute atomic E-state index is 12.8. The molecule has 2 heterocycles. The smallest absolute Gasteiger partial charge is 0.229 e. The molecule has 4 rings (SSSR count). The summed E-state index contributed by atoms with van der Waals surface area (Å²) in [5.41, 5.74) is 2.94. The Morgan fingerprint density at radius 3 is 2.96 bits per heavy atom. The van der Waals surface area contributed by atoms with Crippen LogP contribution in [0.15, 0.2) is 36.4 Å². The van der Waals surface area contributed by atoms with Crippen LogP contribution in [0.2, 0.25) is 5.02 Å². The number of piperidine rings is 1. The maximum Gasteiger partial charge on any atom is 0.229 e. The number of rotatable bonds is 4. The Bertz CT molecular complexity index is 1020. The molecule has 146 valence electrons. The summed E-state index contributed by atoms with van der Waals surface area (Å²) in [7, 11) is 1.57. The Balaban J connectivity index is 1.46. The second-order valence-corrected chi connectivity index (χ2v) is 8.51. The zero-order valence-corrected chi connectivity index (χ0v) is 17.4. The van der Waals surface area contributed by atoms with Crippen LogP contribution >= 0.6 is 22.9 Å². The second-order valence-electron chi connectivity index (χ2n) is 7.09. The van der Waals surface area contributed by atoms with Gasteiger partial charge in [-0.25, -0.2) is 4.98 Å². The molecule has 1 amide bonds. The van der Waals surface area contributed by atoms with E-state index < -0.39 is 0 Å². The summed E-state index contributed by atoms with van der Waals surface area (Å²) in [6.45, 7) is 3.69. The Kier molecular flexibility index (Phi) is 5.42. The van der Waals surface area contributed by atoms with E-state index in [0.29, 0.717) is 23.0 Å². The van der Waals surface area contributed by atoms with E-state index in [4.69, 9.17) is 21.3 Å². The SMILES string of the molecule is COc1ccc(NC(=O)C2CCCN(c3nc4ccc(C)cc4s3)C2)cc1Cl. The first-order chi connectivity index (χ1) is 13.5. The minimum absolute atomic E-state index is 0.0166. The lowest BCUT2D eigenvalue weighted by atomic mass is 9.97. The Labute approximate surface area is 173 Å². The van der Waals surface area contributed by atoms with Gasteiger partial charge in [-0.05, 0) is 55.7 Å². The van der Waals surface area contributed by atoms with Gasteiger partial charge in [-0.1, -0.05) is 29.0 Å². The van der Waals surface area contributed by atoms with Crippen LogP contribution in [0.3, 0.4) is 0 Å². The van der Waals surface area contributed by atoms with E-state index in [1.165, 1.54) is 10.3 Å². The van der Waals surface area contributed by atoms with E-state index in [2.05, 4.69) is 35.3 Å². The van der Waals surface area contributed by atoms with Crippen LogP contribution in [0, 0.1) is 12.8 Å². The van der Waals surface area contributed by atoms with Crippen molar-refractivity contribution in [2.24, 2.45) is 5.92 Å². The van der Waals surface area contributed by atoms with E-state index in [-0.39, 0.29) is 11.8 Å². The first-order valence-electron chi connectivity index (χ1n) is 9.30. The van der Waals surface area contributed by atoms with Crippen LogP contribution in [-0.2, 0) is 4.79 Å². The number of hydrogen-bond donors (Lipinski definition) is 1. The molecule has 7 heteroatoms. The second kappa shape index (κ2) is 7.97. The van der Waals surface area contributed by atoms with Crippen molar-refractivity contribution in [1.82, 2.24) is 4.98 Å². The van der Waals surface area contributed by atoms with Gasteiger partial charge in [0.1, 0.15) is 5.75 Å². The van der Waals surface area contributed by atoms with Crippen LogP contribution in [0.4, 0.5) is 10.8 Å². The number of fused-ring (bicyclic) bond motifs is 1. The van der Waals surface area contributed by atoms with Crippen LogP contribution < -0.4 is 15.0 Å². The Hall–Kier alpha value is -2.31. The highest BCUT2D eigenvalue weighted by molar-refractivity contribution is 7.22. The lowest BCUT2D eigenvalue weighted by Gasteiger charge is -2.31. The number of carbonyl (C=O) groups is 1. The highest BCUT2D eigenvalue weighted by atomic mass is 35.5. The van der Waals surface area contributed by atoms with Crippen LogP contribution in [0.5, 0.6) is 5.75 Å². The molecule has 0 spiro atoms. The van der Waals surface area contributed by atoms with Gasteiger partial charge in [0.05, 0.1) is 28.3 Å². The number of benzene rings is 2. The van der Waals surface area contributed by atoms with E-state index in [1.807, 2.05) is 0 Å². The number of nitrogens with zero attached hydrogens (tertiary/aromatic N) is 2. The van der Waals surface area contributed by atoms with Crippen molar-refractivity contribution in [1.29, 1.82) is 0 Å². The third kappa shape index (κ3) is 3.93. The number of thiazole rings is 1. The Morgan fingerprint density at radius 2 is 2.18 bits per heavy atom. The number of methoxy groups -OCH3 is 1. The molecule has 1 saturated heterocycles. The zero-order valence-electron chi connectivity index (χ0n) is 15.9. The van der Waals surface area contributed by atoms with Crippen molar-refractivity contribution < 1.29 is 9.53 Å². The summed E-state index contributed by atoms with van der Waals surface area (Å²) in [5.74, 6) is 0.529. The summed E-state index contributed by atoms with van der Waals surface area (Å²) in [4.78, 5) is 19.8. The van der Waals surface area contributed by atoms with E-state index in [1.54, 1.807) is 36.6 Å². The van der Waals surface area contributed by atoms with Crippen molar-refractivity contribution in [3.63, 3.8) is 0 Å². The van der Waals surface area contributed by atoms with E-state index in [9.17, 15) is 4.79 Å². The standard InChI is InChI=1S/C21H22ClN3O2S/c1-13-5-7-17-19(10-13)28-21(24-17)25-9-3-4-14(12-25)20(26)23-15-6-8-18(27-2)16(22)11-15/h5-8,10-11,14H,3-4,9,12H2,1-2H3,(H,23,26). The minimum atomic E-state index is -0.0802. The van der Waals surface area contributed by atoms with Crippen molar-refractivity contribution in [3.05, 3.63) is 47.0 Å². The number of anilines is 2. The molecule has 1 atom stereocenters. The molecule has 5 nitrogen and oxygen atoms in total. The Morgan fingerprint density at radius 1 is 1.32 bits per heavy atom. The molecule has 0 aliphatic carbocycles. The third-order valence-corrected chi connectivity index (χ3v) is 6.39. The van der Waals surface area contributed by atoms with Crippen molar-refractivity contribution in [2.45, 2.75) is 19.8 Å². The van der Waals surface area contributed by atoms with Crippen molar-refractivity contribution >= 4 is 49.9 Å². The number of nitrogens with one attached hydrogen (secondary N) is 1. The summed E-state index contributed by atoms with van der Waals surface area (Å²) in [6, 6.07) is 11.6. The molecule has 0 saturated carbocycles. The molecule has 2 aromatic carbocycles. The summed E-state index contributed by atoms with van der Waals surface area (Å²) in [6.07, 6.45) is 1.84. The fourth-order valence-corrected chi connectivity index (χ4v) is 4.86. The molecule has 1 fully saturated rings. The van der Waals surface area contributed by atoms with Gasteiger partial charge in [-0.15, -0.1) is 0 Å². The van der Waals surface area contributed by atoms with Gasteiger partial charge in [0, 0.05) is 18.8 Å². The van der Waals surface area contributed by atoms with Crippen LogP contribution in [-0.4, -0.2) is 31.1 Å². The molecule has 1 aliphatic heterocycles. The highest BCUT2D eigenvalue weighted by Gasteiger charge is 2.27. The number of hydrogen-bond acceptors (Lipinski definition) is 5. The number of ether oxygens (including phenoxy) is 1. The lowest BCUT2D eigenvalue weighted by Crippen LogP contribution is -2.40. The predicted octanol–water partition coefficient (Wildman–Crippen LogP) is 5.12. The predicted molar refractivity (Wildman–Crippen MR) is 116 cm³/mol. The average molecular weight is 416 g/mol. The fraction of sp³-hybridized carbons (Fsp3) is 0.333. The highest BCUT2D eigenvalue weighted by Crippen LogP contribution is 2.33. The summed E-state index contributed by atoms with van der Waals surface area (Å²) in [5, 5.41) is 4.46. The van der Waals surface area contributed by atoms with Gasteiger partial charge in [0.15, 0.2) is 5.13 Å². The van der Waals surface area contributed by atoms with Crippen LogP contribution in [0.25, 0.3) is 10.2 Å². The molecular weight excluding hydrogens is 394 g/mol. The van der Waals surface area contributed by atoms with Crippen molar-refractivity contribution in [2.75, 3.05) is 30.4 Å². The van der Waals surface area contributed by atoms with E-state index in [0.717, 1.165) is 30.0 Å². The number of amides is 1. The largest absolute Gasteiger partial charge is 0.495 e. The molecule has 1 N–H and O–H groups in total. The zero-order chi connectivity index (χ0) is 19.7. The quantitative estimate of drug-likeness (QED) is 0.642. The number of aromatic nitrogens is 1. The normalized spacial score (nSPS) is 17.0. The average Bonchev–Trinajstić information content (AvgIpc) is 3.11. The molecule has 0 radical (unpaired) electrons. The van der Waals surface area contributed by atoms with Gasteiger partial charge in [-0.2, -0.15) is 0 Å². The molecular formula is C21H22ClN3O2S. The van der Waals surface area contributed by atoms with E-state index >= 15 is 0 Å². The maximum atomic E-state index is 12.8. The topological polar surface area (TPSA) is 54.5 Å². The van der Waals surface area contributed by atoms with Gasteiger partial charge in [0.2, 0.25) is 5.91 Å². The first-order valence-corrected chi connectivity index (χ1v) is 10.5. The van der Waals surface area contributed by atoms with Gasteiger partial charge < -0.3 is 15.0 Å².